The molecule has 1 amide bonds. The number of H-pyrrole nitrogens is 1. The van der Waals surface area contributed by atoms with Crippen molar-refractivity contribution in [1.29, 1.82) is 0 Å². The van der Waals surface area contributed by atoms with Crippen LogP contribution in [0.4, 0.5) is 11.1 Å². The zero-order chi connectivity index (χ0) is 33.1. The third-order valence-corrected chi connectivity index (χ3v) is 11.0. The number of imidazole rings is 1. The fraction of sp³-hybridized carbons (Fsp3) is 0.526. The summed E-state index contributed by atoms with van der Waals surface area (Å²) in [6.45, 7) is 4.98. The molecule has 0 spiro atoms. The van der Waals surface area contributed by atoms with Crippen LogP contribution in [0.5, 0.6) is 0 Å². The lowest BCUT2D eigenvalue weighted by Gasteiger charge is -2.22. The number of amides is 1. The van der Waals surface area contributed by atoms with E-state index in [0.717, 1.165) is 5.69 Å². The minimum Gasteiger partial charge on any atom is -0.369 e. The van der Waals surface area contributed by atoms with Crippen LogP contribution < -0.4 is 11.1 Å². The molecule has 2 aliphatic heterocycles. The molecule has 2 fully saturated rings. The van der Waals surface area contributed by atoms with Gasteiger partial charge in [0.15, 0.2) is 21.9 Å². The standard InChI is InChI=1S/C19H26N7O14P3S2/c1-19(2,3)8-5-45-18(22-8)24-13(27)16-37-10-7(4-35-42(31,32)40-43(33,34)39-41(28,29)30)36-15(11(10)38-16)26-6-21-9-12(26)23-17(20)25-14(9)44/h5-7,10-11,15-16H,4H2,1-3H3,(H,31,32)(H,33,34)(H,22,24,27)(H2,28,29,30)(H3,20,23,25,44). The smallest absolute Gasteiger partial charge is 0.369 e. The summed E-state index contributed by atoms with van der Waals surface area (Å²) in [5.74, 6) is -0.778. The molecule has 3 aromatic rings. The number of nitrogens with zero attached hydrogens (tertiary/aromatic N) is 4. The van der Waals surface area contributed by atoms with Gasteiger partial charge in [0.25, 0.3) is 5.91 Å². The Morgan fingerprint density at radius 3 is 2.47 bits per heavy atom. The molecular formula is C19H26N7O14P3S2. The number of hydrogen-bond acceptors (Lipinski definition) is 16. The molecule has 0 radical (unpaired) electrons. The predicted octanol–water partition coefficient (Wildman–Crippen LogP) is 1.81. The van der Waals surface area contributed by atoms with Gasteiger partial charge in [-0.05, 0) is 0 Å². The van der Waals surface area contributed by atoms with Gasteiger partial charge in [-0.2, -0.15) is 8.62 Å². The van der Waals surface area contributed by atoms with Gasteiger partial charge < -0.3 is 44.5 Å². The normalized spacial score (nSPS) is 26.4. The lowest BCUT2D eigenvalue weighted by molar-refractivity contribution is -0.166. The summed E-state index contributed by atoms with van der Waals surface area (Å²) in [5.41, 5.74) is 6.77. The molecular weight excluding hydrogens is 707 g/mol. The zero-order valence-electron chi connectivity index (χ0n) is 23.1. The van der Waals surface area contributed by atoms with Gasteiger partial charge >= 0.3 is 23.5 Å². The quantitative estimate of drug-likeness (QED) is 0.115. The Kier molecular flexibility index (Phi) is 9.30. The monoisotopic (exact) mass is 733 g/mol. The molecule has 3 aromatic heterocycles. The van der Waals surface area contributed by atoms with Gasteiger partial charge in [0.1, 0.15) is 29.5 Å². The van der Waals surface area contributed by atoms with Gasteiger partial charge in [-0.15, -0.1) is 11.3 Å². The fourth-order valence-electron chi connectivity index (χ4n) is 4.27. The van der Waals surface area contributed by atoms with Crippen LogP contribution in [0.2, 0.25) is 0 Å². The largest absolute Gasteiger partial charge is 0.490 e. The highest BCUT2D eigenvalue weighted by molar-refractivity contribution is 7.71. The first kappa shape index (κ1) is 34.3. The number of anilines is 2. The summed E-state index contributed by atoms with van der Waals surface area (Å²) < 4.78 is 66.4. The van der Waals surface area contributed by atoms with Crippen molar-refractivity contribution in [2.45, 2.75) is 57.0 Å². The maximum atomic E-state index is 13.1. The Bertz CT molecular complexity index is 1820. The number of ether oxygens (including phenoxy) is 3. The van der Waals surface area contributed by atoms with E-state index in [1.165, 1.54) is 22.2 Å². The van der Waals surface area contributed by atoms with Crippen molar-refractivity contribution in [3.8, 4) is 0 Å². The Morgan fingerprint density at radius 2 is 1.82 bits per heavy atom. The van der Waals surface area contributed by atoms with E-state index in [4.69, 9.17) is 46.5 Å². The third-order valence-electron chi connectivity index (χ3n) is 6.12. The van der Waals surface area contributed by atoms with Crippen molar-refractivity contribution in [3.05, 3.63) is 22.0 Å². The molecule has 2 aliphatic rings. The number of phosphoric acid groups is 3. The van der Waals surface area contributed by atoms with E-state index in [-0.39, 0.29) is 32.3 Å². The van der Waals surface area contributed by atoms with E-state index >= 15 is 0 Å². The topological polar surface area (TPSA) is 302 Å². The second-order valence-electron chi connectivity index (χ2n) is 10.5. The van der Waals surface area contributed by atoms with Crippen molar-refractivity contribution in [2.24, 2.45) is 0 Å². The molecule has 8 N–H and O–H groups in total. The van der Waals surface area contributed by atoms with Crippen LogP contribution in [-0.2, 0) is 51.3 Å². The summed E-state index contributed by atoms with van der Waals surface area (Å²) in [6.07, 6.45) is -4.93. The number of aromatic nitrogens is 5. The van der Waals surface area contributed by atoms with E-state index in [0.29, 0.717) is 0 Å². The van der Waals surface area contributed by atoms with Crippen LogP contribution in [0.15, 0.2) is 11.7 Å². The Balaban J connectivity index is 1.37. The van der Waals surface area contributed by atoms with E-state index in [1.54, 1.807) is 5.38 Å². The summed E-state index contributed by atoms with van der Waals surface area (Å²) in [7, 11) is -16.9. The number of phosphoric ester groups is 1. The second kappa shape index (κ2) is 12.2. The number of nitrogens with one attached hydrogen (secondary N) is 2. The molecule has 21 nitrogen and oxygen atoms in total. The summed E-state index contributed by atoms with van der Waals surface area (Å²) in [6, 6.07) is 0. The number of carbonyl (C=O) groups is 1. The van der Waals surface area contributed by atoms with Crippen LogP contribution in [-0.4, -0.2) is 81.2 Å². The molecule has 248 valence electrons. The SMILES string of the molecule is CC(C)(C)c1csc(NC(=O)C2OC3C(COP(=O)(O)OP(=O)(O)OP(=O)(O)O)OC(n4cnc5c(=S)nc(N)[nH]c54)C3O2)n1. The number of nitrogen functional groups attached to an aromatic ring is 1. The van der Waals surface area contributed by atoms with Crippen molar-refractivity contribution in [2.75, 3.05) is 17.7 Å². The number of thiazole rings is 1. The zero-order valence-corrected chi connectivity index (χ0v) is 27.5. The molecule has 0 aromatic carbocycles. The second-order valence-corrected chi connectivity index (χ2v) is 16.2. The summed E-state index contributed by atoms with van der Waals surface area (Å²) in [4.78, 5) is 65.3. The van der Waals surface area contributed by atoms with E-state index < -0.39 is 66.8 Å². The molecule has 7 atom stereocenters. The molecule has 5 rings (SSSR count). The highest BCUT2D eigenvalue weighted by atomic mass is 32.1. The van der Waals surface area contributed by atoms with Gasteiger partial charge in [0, 0.05) is 10.8 Å². The Labute approximate surface area is 261 Å². The number of carbonyl (C=O) groups excluding carboxylic acids is 1. The fourth-order valence-corrected chi connectivity index (χ4v) is 8.49. The molecule has 26 heteroatoms. The molecule has 0 aliphatic carbocycles. The van der Waals surface area contributed by atoms with Crippen LogP contribution >= 0.6 is 47.0 Å². The first-order chi connectivity index (χ1) is 20.7. The van der Waals surface area contributed by atoms with Crippen LogP contribution in [0.3, 0.4) is 0 Å². The minimum atomic E-state index is -5.77. The van der Waals surface area contributed by atoms with Crippen molar-refractivity contribution < 1.29 is 65.4 Å². The number of aromatic amines is 1. The average Bonchev–Trinajstić information content (AvgIpc) is 3.63. The van der Waals surface area contributed by atoms with E-state index in [1.807, 2.05) is 20.8 Å². The number of rotatable bonds is 10. The minimum absolute atomic E-state index is 0.0491. The van der Waals surface area contributed by atoms with Crippen molar-refractivity contribution in [1.82, 2.24) is 24.5 Å². The number of fused-ring (bicyclic) bond motifs is 2. The van der Waals surface area contributed by atoms with E-state index in [9.17, 15) is 28.3 Å². The molecule has 5 heterocycles. The molecule has 0 bridgehead atoms. The maximum absolute atomic E-state index is 13.1. The van der Waals surface area contributed by atoms with Gasteiger partial charge in [0.2, 0.25) is 6.29 Å². The van der Waals surface area contributed by atoms with Crippen LogP contribution in [0.25, 0.3) is 11.2 Å². The Morgan fingerprint density at radius 1 is 1.13 bits per heavy atom. The average molecular weight is 734 g/mol. The maximum Gasteiger partial charge on any atom is 0.490 e. The predicted molar refractivity (Wildman–Crippen MR) is 154 cm³/mol. The molecule has 2 saturated heterocycles. The number of nitrogens with two attached hydrogens (primary N) is 1. The highest BCUT2D eigenvalue weighted by Gasteiger charge is 2.56. The van der Waals surface area contributed by atoms with Crippen molar-refractivity contribution in [3.63, 3.8) is 0 Å². The first-order valence-corrected chi connectivity index (χ1v) is 18.3. The van der Waals surface area contributed by atoms with Gasteiger partial charge in [-0.25, -0.2) is 28.6 Å². The molecule has 7 unspecified atom stereocenters. The van der Waals surface area contributed by atoms with Gasteiger partial charge in [-0.1, -0.05) is 33.0 Å². The van der Waals surface area contributed by atoms with Gasteiger partial charge in [-0.3, -0.25) is 19.2 Å². The summed E-state index contributed by atoms with van der Waals surface area (Å²) in [5, 5.41) is 4.69. The summed E-state index contributed by atoms with van der Waals surface area (Å²) >= 11 is 6.40. The highest BCUT2D eigenvalue weighted by Crippen LogP contribution is 2.66. The van der Waals surface area contributed by atoms with Crippen LogP contribution in [0.1, 0.15) is 32.7 Å². The lowest BCUT2D eigenvalue weighted by Crippen LogP contribution is -2.34. The molecule has 45 heavy (non-hydrogen) atoms. The third kappa shape index (κ3) is 7.92. The van der Waals surface area contributed by atoms with Crippen molar-refractivity contribution >= 4 is 75.2 Å². The Hall–Kier alpha value is -2.04. The number of hydrogen-bond donors (Lipinski definition) is 7. The van der Waals surface area contributed by atoms with Crippen LogP contribution in [0, 0.1) is 4.64 Å². The first-order valence-electron chi connectivity index (χ1n) is 12.5. The van der Waals surface area contributed by atoms with E-state index in [2.05, 4.69) is 33.9 Å². The lowest BCUT2D eigenvalue weighted by atomic mass is 9.93. The molecule has 0 saturated carbocycles. The van der Waals surface area contributed by atoms with Gasteiger partial charge in [0.05, 0.1) is 18.6 Å².